The third-order valence-corrected chi connectivity index (χ3v) is 10.4. The van der Waals surface area contributed by atoms with Gasteiger partial charge >= 0.3 is 0 Å². The zero-order valence-electron chi connectivity index (χ0n) is 33.9. The molecule has 7 atom stereocenters. The van der Waals surface area contributed by atoms with Crippen LogP contribution in [0.2, 0.25) is 0 Å². The van der Waals surface area contributed by atoms with Gasteiger partial charge < -0.3 is 35.0 Å². The number of carbonyl (C=O) groups excluding carboxylic acids is 1. The Morgan fingerprint density at radius 1 is 0.704 bits per heavy atom. The van der Waals surface area contributed by atoms with E-state index in [0.29, 0.717) is 12.0 Å². The molecule has 8 heteroatoms. The van der Waals surface area contributed by atoms with E-state index in [-0.39, 0.29) is 17.3 Å². The van der Waals surface area contributed by atoms with Gasteiger partial charge in [0, 0.05) is 0 Å². The van der Waals surface area contributed by atoms with Crippen molar-refractivity contribution in [3.8, 4) is 0 Å². The van der Waals surface area contributed by atoms with E-state index in [2.05, 4.69) is 71.1 Å². The molecule has 0 aromatic heterocycles. The van der Waals surface area contributed by atoms with Crippen LogP contribution in [0.5, 0.6) is 0 Å². The number of allylic oxidation sites excluding steroid dienone is 20. The molecule has 0 bridgehead atoms. The molecule has 54 heavy (non-hydrogen) atoms. The fraction of sp³-hybridized carbons (Fsp3) is 0.500. The number of Topliss-reactive ketones (excluding diaryl/α,β-unsaturated/α-hetero) is 1. The van der Waals surface area contributed by atoms with Gasteiger partial charge in [-0.3, -0.25) is 4.79 Å². The molecule has 1 aliphatic heterocycles. The first kappa shape index (κ1) is 44.9. The smallest absolute Gasteiger partial charge is 0.187 e. The van der Waals surface area contributed by atoms with Crippen LogP contribution in [-0.4, -0.2) is 80.8 Å². The van der Waals surface area contributed by atoms with Crippen LogP contribution in [0, 0.1) is 10.8 Å². The normalized spacial score (nSPS) is 30.8. The minimum absolute atomic E-state index is 0.0270. The molecule has 0 amide bonds. The number of aliphatic hydroxyl groups excluding tert-OH is 5. The molecule has 1 fully saturated rings. The Labute approximate surface area is 323 Å². The minimum Gasteiger partial charge on any atom is -0.394 e. The maximum atomic E-state index is 13.3. The summed E-state index contributed by atoms with van der Waals surface area (Å²) in [4.78, 5) is 13.3. The van der Waals surface area contributed by atoms with Crippen LogP contribution in [-0.2, 0) is 14.3 Å². The Balaban J connectivity index is 1.55. The molecule has 5 N–H and O–H groups in total. The van der Waals surface area contributed by atoms with Gasteiger partial charge in [0.05, 0.1) is 12.7 Å². The minimum atomic E-state index is -1.58. The van der Waals surface area contributed by atoms with Crippen LogP contribution in [0.4, 0.5) is 0 Å². The quantitative estimate of drug-likeness (QED) is 0.122. The van der Waals surface area contributed by atoms with Gasteiger partial charge in [-0.05, 0) is 88.4 Å². The van der Waals surface area contributed by atoms with Crippen LogP contribution >= 0.6 is 0 Å². The number of carbonyl (C=O) groups is 1. The SMILES string of the molecule is CC1=C(/C=C/C(C)=C/C=C/C(C)=C/C=C/C=C(C)/C=C/C=C(C)/C=C/C2=C(C)C(=O)C(OC3OC(CO)C(O)C(O)C3O)CC2(C)C)C(C)(C)CC(O)C1. The maximum absolute atomic E-state index is 13.3. The molecule has 0 aromatic carbocycles. The first-order valence-electron chi connectivity index (χ1n) is 18.9. The first-order chi connectivity index (χ1) is 25.3. The summed E-state index contributed by atoms with van der Waals surface area (Å²) in [7, 11) is 0. The second kappa shape index (κ2) is 19.9. The molecule has 7 unspecified atom stereocenters. The zero-order valence-corrected chi connectivity index (χ0v) is 33.9. The van der Waals surface area contributed by atoms with Gasteiger partial charge in [-0.15, -0.1) is 0 Å². The predicted octanol–water partition coefficient (Wildman–Crippen LogP) is 7.55. The van der Waals surface area contributed by atoms with Gasteiger partial charge in [-0.1, -0.05) is 141 Å². The second-order valence-electron chi connectivity index (χ2n) is 16.4. The van der Waals surface area contributed by atoms with Crippen LogP contribution in [0.15, 0.2) is 130 Å². The van der Waals surface area contributed by atoms with Crippen molar-refractivity contribution >= 4 is 5.78 Å². The summed E-state index contributed by atoms with van der Waals surface area (Å²) in [5.41, 5.74) is 7.94. The average Bonchev–Trinajstić information content (AvgIpc) is 3.08. The van der Waals surface area contributed by atoms with Crippen molar-refractivity contribution in [2.75, 3.05) is 6.61 Å². The number of aliphatic hydroxyl groups is 5. The first-order valence-corrected chi connectivity index (χ1v) is 18.9. The van der Waals surface area contributed by atoms with E-state index < -0.39 is 48.8 Å². The van der Waals surface area contributed by atoms with E-state index in [4.69, 9.17) is 9.47 Å². The standard InChI is InChI=1S/C46H64O8/c1-29(17-13-19-31(3)21-23-36-33(5)25-35(48)26-45(36,7)8)15-11-12-16-30(2)18-14-20-32(4)22-24-37-34(6)40(49)38(27-46(37,9)10)53-44-43(52)42(51)41(50)39(28-47)54-44/h11-24,35,38-39,41-44,47-48,50-52H,25-28H2,1-10H3/b12-11+,17-13+,18-14+,23-21+,24-22+,29-15+,30-16+,31-19+,32-20+. The fourth-order valence-electron chi connectivity index (χ4n) is 7.30. The van der Waals surface area contributed by atoms with Crippen LogP contribution in [0.1, 0.15) is 88.5 Å². The molecule has 0 aromatic rings. The Morgan fingerprint density at radius 3 is 1.70 bits per heavy atom. The third-order valence-electron chi connectivity index (χ3n) is 10.4. The molecule has 1 heterocycles. The molecule has 0 radical (unpaired) electrons. The molecule has 3 aliphatic rings. The molecule has 0 saturated carbocycles. The Hall–Kier alpha value is -3.47. The Bertz CT molecular complexity index is 1680. The molecular formula is C46H64O8. The highest BCUT2D eigenvalue weighted by atomic mass is 16.7. The van der Waals surface area contributed by atoms with E-state index in [1.807, 2.05) is 76.3 Å². The van der Waals surface area contributed by atoms with Crippen molar-refractivity contribution in [2.24, 2.45) is 10.8 Å². The molecule has 1 saturated heterocycles. The van der Waals surface area contributed by atoms with E-state index in [1.54, 1.807) is 6.92 Å². The highest BCUT2D eigenvalue weighted by molar-refractivity contribution is 6.00. The van der Waals surface area contributed by atoms with Gasteiger partial charge in [-0.25, -0.2) is 0 Å². The summed E-state index contributed by atoms with van der Waals surface area (Å²) in [5.74, 6) is -0.243. The van der Waals surface area contributed by atoms with Crippen molar-refractivity contribution in [1.82, 2.24) is 0 Å². The summed E-state index contributed by atoms with van der Waals surface area (Å²) in [5, 5.41) is 50.2. The molecule has 3 rings (SSSR count). The van der Waals surface area contributed by atoms with Gasteiger partial charge in [-0.2, -0.15) is 0 Å². The monoisotopic (exact) mass is 744 g/mol. The van der Waals surface area contributed by atoms with E-state index in [1.165, 1.54) is 16.7 Å². The average molecular weight is 745 g/mol. The lowest BCUT2D eigenvalue weighted by Gasteiger charge is -2.43. The topological polar surface area (TPSA) is 137 Å². The number of hydrogen-bond donors (Lipinski definition) is 5. The fourth-order valence-corrected chi connectivity index (χ4v) is 7.30. The van der Waals surface area contributed by atoms with Crippen LogP contribution in [0.3, 0.4) is 0 Å². The van der Waals surface area contributed by atoms with Gasteiger partial charge in [0.15, 0.2) is 12.1 Å². The predicted molar refractivity (Wildman–Crippen MR) is 217 cm³/mol. The van der Waals surface area contributed by atoms with Crippen molar-refractivity contribution < 1.29 is 39.8 Å². The van der Waals surface area contributed by atoms with Crippen molar-refractivity contribution in [2.45, 2.75) is 131 Å². The van der Waals surface area contributed by atoms with E-state index in [0.717, 1.165) is 35.1 Å². The van der Waals surface area contributed by atoms with Crippen molar-refractivity contribution in [3.05, 3.63) is 130 Å². The highest BCUT2D eigenvalue weighted by Gasteiger charge is 2.47. The van der Waals surface area contributed by atoms with Crippen LogP contribution in [0.25, 0.3) is 0 Å². The zero-order chi connectivity index (χ0) is 40.4. The number of ketones is 1. The number of hydrogen-bond acceptors (Lipinski definition) is 8. The number of ether oxygens (including phenoxy) is 2. The van der Waals surface area contributed by atoms with Crippen molar-refractivity contribution in [3.63, 3.8) is 0 Å². The van der Waals surface area contributed by atoms with Gasteiger partial charge in [0.1, 0.15) is 30.5 Å². The highest BCUT2D eigenvalue weighted by Crippen LogP contribution is 2.42. The van der Waals surface area contributed by atoms with E-state index >= 15 is 0 Å². The summed E-state index contributed by atoms with van der Waals surface area (Å²) < 4.78 is 11.3. The summed E-state index contributed by atoms with van der Waals surface area (Å²) in [6, 6.07) is 0. The van der Waals surface area contributed by atoms with E-state index in [9.17, 15) is 30.3 Å². The lowest BCUT2D eigenvalue weighted by atomic mass is 9.71. The Kier molecular flexibility index (Phi) is 16.6. The molecule has 296 valence electrons. The maximum Gasteiger partial charge on any atom is 0.187 e. The second-order valence-corrected chi connectivity index (χ2v) is 16.4. The summed E-state index contributed by atoms with van der Waals surface area (Å²) in [6.45, 7) is 19.9. The lowest BCUT2D eigenvalue weighted by Crippen LogP contribution is -2.60. The molecule has 2 aliphatic carbocycles. The van der Waals surface area contributed by atoms with Gasteiger partial charge in [0.25, 0.3) is 0 Å². The lowest BCUT2D eigenvalue weighted by molar-refractivity contribution is -0.309. The molecule has 0 spiro atoms. The summed E-state index contributed by atoms with van der Waals surface area (Å²) in [6.07, 6.45) is 22.3. The number of rotatable bonds is 13. The molecular weight excluding hydrogens is 680 g/mol. The molecule has 8 nitrogen and oxygen atoms in total. The third kappa shape index (κ3) is 12.5. The summed E-state index contributed by atoms with van der Waals surface area (Å²) >= 11 is 0. The van der Waals surface area contributed by atoms with Gasteiger partial charge in [0.2, 0.25) is 0 Å². The van der Waals surface area contributed by atoms with Crippen molar-refractivity contribution in [1.29, 1.82) is 0 Å². The largest absolute Gasteiger partial charge is 0.394 e. The Morgan fingerprint density at radius 2 is 1.19 bits per heavy atom. The van der Waals surface area contributed by atoms with Crippen LogP contribution < -0.4 is 0 Å².